The Labute approximate surface area is 114 Å². The maximum absolute atomic E-state index is 12.1. The third kappa shape index (κ3) is 3.34. The second kappa shape index (κ2) is 5.87. The summed E-state index contributed by atoms with van der Waals surface area (Å²) in [5.41, 5.74) is 1.06. The topological polar surface area (TPSA) is 40.6 Å². The normalized spacial score (nSPS) is 16.4. The monoisotopic (exact) mass is 260 g/mol. The molecule has 0 aliphatic carbocycles. The molecule has 0 aromatic heterocycles. The Bertz CT molecular complexity index is 456. The van der Waals surface area contributed by atoms with Crippen LogP contribution in [0.15, 0.2) is 30.3 Å². The number of nitrogens with zero attached hydrogens (tertiary/aromatic N) is 2. The van der Waals surface area contributed by atoms with Gasteiger partial charge in [0.15, 0.2) is 0 Å². The first-order valence-electron chi connectivity index (χ1n) is 6.70. The van der Waals surface area contributed by atoms with Gasteiger partial charge in [0.05, 0.1) is 0 Å². The molecule has 1 saturated heterocycles. The maximum atomic E-state index is 12.1. The van der Waals surface area contributed by atoms with Crippen molar-refractivity contribution in [1.29, 1.82) is 0 Å². The van der Waals surface area contributed by atoms with E-state index >= 15 is 0 Å². The van der Waals surface area contributed by atoms with Crippen LogP contribution in [0.25, 0.3) is 0 Å². The van der Waals surface area contributed by atoms with Crippen molar-refractivity contribution in [2.75, 3.05) is 19.6 Å². The lowest BCUT2D eigenvalue weighted by atomic mass is 10.1. The zero-order valence-electron chi connectivity index (χ0n) is 11.5. The van der Waals surface area contributed by atoms with Crippen molar-refractivity contribution in [3.8, 4) is 0 Å². The summed E-state index contributed by atoms with van der Waals surface area (Å²) in [5.74, 6) is -0.357. The van der Waals surface area contributed by atoms with E-state index in [0.29, 0.717) is 32.1 Å². The van der Waals surface area contributed by atoms with Gasteiger partial charge in [-0.15, -0.1) is 0 Å². The number of benzene rings is 1. The van der Waals surface area contributed by atoms with Crippen LogP contribution < -0.4 is 0 Å². The molecule has 1 aromatic carbocycles. The molecule has 0 atom stereocenters. The Kier molecular flexibility index (Phi) is 4.20. The van der Waals surface area contributed by atoms with Crippen molar-refractivity contribution in [3.05, 3.63) is 35.9 Å². The van der Waals surface area contributed by atoms with E-state index in [1.807, 2.05) is 44.2 Å². The summed E-state index contributed by atoms with van der Waals surface area (Å²) in [5, 5.41) is 0. The van der Waals surface area contributed by atoms with Crippen LogP contribution in [0.1, 0.15) is 19.4 Å². The molecule has 2 rings (SSSR count). The molecule has 0 saturated carbocycles. The van der Waals surface area contributed by atoms with Crippen molar-refractivity contribution >= 4 is 11.8 Å². The van der Waals surface area contributed by atoms with Crippen LogP contribution in [0.2, 0.25) is 0 Å². The van der Waals surface area contributed by atoms with Crippen LogP contribution in [0, 0.1) is 5.92 Å². The van der Waals surface area contributed by atoms with Crippen LogP contribution in [0.3, 0.4) is 0 Å². The van der Waals surface area contributed by atoms with Crippen molar-refractivity contribution in [2.45, 2.75) is 20.4 Å². The van der Waals surface area contributed by atoms with Gasteiger partial charge < -0.3 is 9.80 Å². The van der Waals surface area contributed by atoms with Crippen molar-refractivity contribution in [2.24, 2.45) is 5.92 Å². The average molecular weight is 260 g/mol. The van der Waals surface area contributed by atoms with Gasteiger partial charge in [-0.25, -0.2) is 0 Å². The Morgan fingerprint density at radius 3 is 2.21 bits per heavy atom. The summed E-state index contributed by atoms with van der Waals surface area (Å²) in [6.07, 6.45) is 0. The molecule has 1 aromatic rings. The van der Waals surface area contributed by atoms with Gasteiger partial charge in [-0.3, -0.25) is 9.59 Å². The first kappa shape index (κ1) is 13.6. The van der Waals surface area contributed by atoms with Gasteiger partial charge in [0.25, 0.3) is 0 Å². The zero-order valence-corrected chi connectivity index (χ0v) is 11.5. The number of hydrogen-bond acceptors (Lipinski definition) is 2. The smallest absolute Gasteiger partial charge is 0.312 e. The molecular weight excluding hydrogens is 240 g/mol. The summed E-state index contributed by atoms with van der Waals surface area (Å²) in [6, 6.07) is 9.76. The lowest BCUT2D eigenvalue weighted by Gasteiger charge is -2.34. The number of rotatable bonds is 4. The van der Waals surface area contributed by atoms with E-state index in [-0.39, 0.29) is 11.8 Å². The third-order valence-corrected chi connectivity index (χ3v) is 3.20. The van der Waals surface area contributed by atoms with E-state index in [1.165, 1.54) is 0 Å². The van der Waals surface area contributed by atoms with Crippen LogP contribution in [-0.4, -0.2) is 41.2 Å². The van der Waals surface area contributed by atoms with Crippen LogP contribution >= 0.6 is 0 Å². The maximum Gasteiger partial charge on any atom is 0.312 e. The van der Waals surface area contributed by atoms with Gasteiger partial charge in [-0.2, -0.15) is 0 Å². The fourth-order valence-corrected chi connectivity index (χ4v) is 2.28. The number of carbonyl (C=O) groups is 2. The zero-order chi connectivity index (χ0) is 13.8. The second-order valence-electron chi connectivity index (χ2n) is 5.36. The predicted molar refractivity (Wildman–Crippen MR) is 73.3 cm³/mol. The largest absolute Gasteiger partial charge is 0.332 e. The molecule has 1 fully saturated rings. The molecular formula is C15H20N2O2. The standard InChI is InChI=1S/C15H20N2O2/c1-12(2)10-16-8-9-17(15(19)14(16)18)11-13-6-4-3-5-7-13/h3-7,12H,8-11H2,1-2H3. The second-order valence-corrected chi connectivity index (χ2v) is 5.36. The minimum Gasteiger partial charge on any atom is -0.332 e. The Balaban J connectivity index is 1.99. The van der Waals surface area contributed by atoms with Gasteiger partial charge in [0, 0.05) is 26.2 Å². The lowest BCUT2D eigenvalue weighted by Crippen LogP contribution is -2.54. The molecule has 4 heteroatoms. The highest BCUT2D eigenvalue weighted by atomic mass is 16.2. The fourth-order valence-electron chi connectivity index (χ4n) is 2.28. The average Bonchev–Trinajstić information content (AvgIpc) is 2.39. The van der Waals surface area contributed by atoms with Crippen molar-refractivity contribution in [1.82, 2.24) is 9.80 Å². The fraction of sp³-hybridized carbons (Fsp3) is 0.467. The first-order chi connectivity index (χ1) is 9.08. The number of carbonyl (C=O) groups excluding carboxylic acids is 2. The number of amides is 2. The molecule has 2 amide bonds. The molecule has 1 aliphatic heterocycles. The quantitative estimate of drug-likeness (QED) is 0.770. The molecule has 0 bridgehead atoms. The molecule has 19 heavy (non-hydrogen) atoms. The molecule has 0 unspecified atom stereocenters. The SMILES string of the molecule is CC(C)CN1CCN(Cc2ccccc2)C(=O)C1=O. The molecule has 1 heterocycles. The van der Waals surface area contributed by atoms with E-state index in [2.05, 4.69) is 0 Å². The van der Waals surface area contributed by atoms with Crippen LogP contribution in [0.4, 0.5) is 0 Å². The summed E-state index contributed by atoms with van der Waals surface area (Å²) in [6.45, 7) is 6.52. The highest BCUT2D eigenvalue weighted by Gasteiger charge is 2.32. The third-order valence-electron chi connectivity index (χ3n) is 3.20. The van der Waals surface area contributed by atoms with Gasteiger partial charge in [-0.1, -0.05) is 44.2 Å². The Morgan fingerprint density at radius 1 is 1.00 bits per heavy atom. The molecule has 102 valence electrons. The summed E-state index contributed by atoms with van der Waals surface area (Å²) in [7, 11) is 0. The molecule has 0 N–H and O–H groups in total. The van der Waals surface area contributed by atoms with E-state index in [9.17, 15) is 9.59 Å². The molecule has 0 spiro atoms. The van der Waals surface area contributed by atoms with Gasteiger partial charge >= 0.3 is 11.8 Å². The Hall–Kier alpha value is -1.84. The number of piperazine rings is 1. The summed E-state index contributed by atoms with van der Waals surface area (Å²) in [4.78, 5) is 27.3. The van der Waals surface area contributed by atoms with Crippen LogP contribution in [0.5, 0.6) is 0 Å². The number of hydrogen-bond donors (Lipinski definition) is 0. The van der Waals surface area contributed by atoms with E-state index in [4.69, 9.17) is 0 Å². The van der Waals surface area contributed by atoms with E-state index in [0.717, 1.165) is 5.56 Å². The molecule has 0 radical (unpaired) electrons. The summed E-state index contributed by atoms with van der Waals surface area (Å²) < 4.78 is 0. The highest BCUT2D eigenvalue weighted by molar-refractivity contribution is 6.35. The minimum absolute atomic E-state index is 0.365. The molecule has 1 aliphatic rings. The van der Waals surface area contributed by atoms with Crippen molar-refractivity contribution in [3.63, 3.8) is 0 Å². The van der Waals surface area contributed by atoms with Gasteiger partial charge in [0.1, 0.15) is 0 Å². The minimum atomic E-state index is -0.379. The van der Waals surface area contributed by atoms with E-state index < -0.39 is 0 Å². The van der Waals surface area contributed by atoms with Gasteiger partial charge in [0.2, 0.25) is 0 Å². The molecule has 4 nitrogen and oxygen atoms in total. The van der Waals surface area contributed by atoms with E-state index in [1.54, 1.807) is 9.80 Å². The first-order valence-corrected chi connectivity index (χ1v) is 6.70. The van der Waals surface area contributed by atoms with Crippen LogP contribution in [-0.2, 0) is 16.1 Å². The summed E-state index contributed by atoms with van der Waals surface area (Å²) >= 11 is 0. The Morgan fingerprint density at radius 2 is 1.58 bits per heavy atom. The van der Waals surface area contributed by atoms with Gasteiger partial charge in [-0.05, 0) is 11.5 Å². The highest BCUT2D eigenvalue weighted by Crippen LogP contribution is 2.11. The lowest BCUT2D eigenvalue weighted by molar-refractivity contribution is -0.156. The van der Waals surface area contributed by atoms with Crippen molar-refractivity contribution < 1.29 is 9.59 Å². The predicted octanol–water partition coefficient (Wildman–Crippen LogP) is 1.51.